The first-order chi connectivity index (χ1) is 9.00. The fourth-order valence-corrected chi connectivity index (χ4v) is 2.64. The first kappa shape index (κ1) is 14.4. The Hall–Kier alpha value is -1.03. The van der Waals surface area contributed by atoms with Gasteiger partial charge in [-0.1, -0.05) is 13.0 Å². The maximum atomic E-state index is 12.7. The topological polar surface area (TPSA) is 12.0 Å². The van der Waals surface area contributed by atoms with Gasteiger partial charge in [0.1, 0.15) is 0 Å². The molecule has 1 unspecified atom stereocenters. The lowest BCUT2D eigenvalue weighted by atomic mass is 10.00. The Labute approximate surface area is 112 Å². The molecule has 0 saturated carbocycles. The molecule has 0 fully saturated rings. The highest BCUT2D eigenvalue weighted by atomic mass is 19.4. The van der Waals surface area contributed by atoms with Crippen molar-refractivity contribution in [2.45, 2.75) is 51.2 Å². The molecule has 1 aliphatic rings. The van der Waals surface area contributed by atoms with Gasteiger partial charge in [0, 0.05) is 6.04 Å². The normalized spacial score (nSPS) is 19.9. The minimum absolute atomic E-state index is 0.432. The molecule has 1 N–H and O–H groups in total. The van der Waals surface area contributed by atoms with Crippen LogP contribution >= 0.6 is 0 Å². The Balaban J connectivity index is 2.10. The third-order valence-electron chi connectivity index (χ3n) is 3.74. The van der Waals surface area contributed by atoms with Crippen LogP contribution in [0.25, 0.3) is 0 Å². The van der Waals surface area contributed by atoms with Crippen molar-refractivity contribution in [2.24, 2.45) is 0 Å². The van der Waals surface area contributed by atoms with Crippen molar-refractivity contribution in [3.63, 3.8) is 0 Å². The van der Waals surface area contributed by atoms with E-state index in [-0.39, 0.29) is 0 Å². The first-order valence-electron chi connectivity index (χ1n) is 6.93. The Bertz CT molecular complexity index is 426. The Morgan fingerprint density at radius 2 is 1.84 bits per heavy atom. The number of hydrogen-bond acceptors (Lipinski definition) is 1. The van der Waals surface area contributed by atoms with Crippen LogP contribution in [0.5, 0.6) is 0 Å². The lowest BCUT2D eigenvalue weighted by molar-refractivity contribution is -0.137. The summed E-state index contributed by atoms with van der Waals surface area (Å²) in [5.41, 5.74) is 1.43. The second kappa shape index (κ2) is 5.95. The van der Waals surface area contributed by atoms with Crippen molar-refractivity contribution >= 4 is 0 Å². The molecule has 2 rings (SSSR count). The summed E-state index contributed by atoms with van der Waals surface area (Å²) >= 11 is 0. The molecule has 106 valence electrons. The molecule has 0 aliphatic heterocycles. The summed E-state index contributed by atoms with van der Waals surface area (Å²) in [5.74, 6) is 0. The van der Waals surface area contributed by atoms with Crippen LogP contribution in [0, 0.1) is 0 Å². The second-order valence-corrected chi connectivity index (χ2v) is 5.21. The Kier molecular flexibility index (Phi) is 4.50. The Morgan fingerprint density at radius 3 is 2.47 bits per heavy atom. The highest BCUT2D eigenvalue weighted by molar-refractivity contribution is 5.34. The molecular formula is C15H20F3N. The predicted octanol–water partition coefficient (Wildman–Crippen LogP) is 3.95. The van der Waals surface area contributed by atoms with E-state index in [1.165, 1.54) is 12.1 Å². The quantitative estimate of drug-likeness (QED) is 0.821. The number of fused-ring (bicyclic) bond motifs is 1. The average Bonchev–Trinajstić information content (AvgIpc) is 2.57. The van der Waals surface area contributed by atoms with Gasteiger partial charge in [0.15, 0.2) is 0 Å². The van der Waals surface area contributed by atoms with E-state index in [0.717, 1.165) is 49.8 Å². The summed E-state index contributed by atoms with van der Waals surface area (Å²) < 4.78 is 38.1. The molecule has 0 aromatic heterocycles. The summed E-state index contributed by atoms with van der Waals surface area (Å²) in [5, 5.41) is 3.47. The van der Waals surface area contributed by atoms with Crippen LogP contribution in [0.15, 0.2) is 18.2 Å². The van der Waals surface area contributed by atoms with Crippen LogP contribution in [-0.4, -0.2) is 12.6 Å². The summed E-state index contributed by atoms with van der Waals surface area (Å²) in [7, 11) is 0. The van der Waals surface area contributed by atoms with E-state index >= 15 is 0 Å². The number of halogens is 3. The summed E-state index contributed by atoms with van der Waals surface area (Å²) in [4.78, 5) is 0. The van der Waals surface area contributed by atoms with E-state index in [0.29, 0.717) is 6.04 Å². The van der Waals surface area contributed by atoms with Gasteiger partial charge in [-0.2, -0.15) is 13.2 Å². The van der Waals surface area contributed by atoms with E-state index in [1.54, 1.807) is 6.07 Å². The SMILES string of the molecule is CCCNC1CCc2ccc(C(F)(F)F)cc2CC1. The van der Waals surface area contributed by atoms with Gasteiger partial charge in [-0.3, -0.25) is 0 Å². The predicted molar refractivity (Wildman–Crippen MR) is 70.2 cm³/mol. The maximum Gasteiger partial charge on any atom is 0.416 e. The number of hydrogen-bond donors (Lipinski definition) is 1. The zero-order chi connectivity index (χ0) is 13.9. The van der Waals surface area contributed by atoms with E-state index in [1.807, 2.05) is 0 Å². The third kappa shape index (κ3) is 3.72. The molecule has 1 aromatic rings. The molecule has 1 aromatic carbocycles. The molecule has 4 heteroatoms. The molecule has 0 amide bonds. The summed E-state index contributed by atoms with van der Waals surface area (Å²) in [6.07, 6.45) is 0.394. The molecule has 1 nitrogen and oxygen atoms in total. The number of alkyl halides is 3. The van der Waals surface area contributed by atoms with Crippen molar-refractivity contribution in [2.75, 3.05) is 6.54 Å². The van der Waals surface area contributed by atoms with Crippen LogP contribution in [0.1, 0.15) is 42.9 Å². The van der Waals surface area contributed by atoms with Gasteiger partial charge in [-0.15, -0.1) is 0 Å². The standard InChI is InChI=1S/C15H20F3N/c1-2-9-19-14-7-4-11-3-6-13(15(16,17)18)10-12(11)5-8-14/h3,6,10,14,19H,2,4-5,7-9H2,1H3. The zero-order valence-corrected chi connectivity index (χ0v) is 11.2. The summed E-state index contributed by atoms with van der Waals surface area (Å²) in [6.45, 7) is 3.10. The van der Waals surface area contributed by atoms with E-state index in [4.69, 9.17) is 0 Å². The van der Waals surface area contributed by atoms with Gasteiger partial charge in [-0.25, -0.2) is 0 Å². The van der Waals surface area contributed by atoms with Crippen molar-refractivity contribution < 1.29 is 13.2 Å². The highest BCUT2D eigenvalue weighted by Crippen LogP contribution is 2.32. The fourth-order valence-electron chi connectivity index (χ4n) is 2.64. The molecule has 19 heavy (non-hydrogen) atoms. The van der Waals surface area contributed by atoms with Crippen LogP contribution in [0.2, 0.25) is 0 Å². The van der Waals surface area contributed by atoms with E-state index in [9.17, 15) is 13.2 Å². The van der Waals surface area contributed by atoms with Gasteiger partial charge < -0.3 is 5.32 Å². The van der Waals surface area contributed by atoms with Gasteiger partial charge >= 0.3 is 6.18 Å². The van der Waals surface area contributed by atoms with Crippen molar-refractivity contribution in [1.82, 2.24) is 5.32 Å². The molecule has 0 radical (unpaired) electrons. The highest BCUT2D eigenvalue weighted by Gasteiger charge is 2.31. The molecule has 0 bridgehead atoms. The number of aryl methyl sites for hydroxylation is 2. The van der Waals surface area contributed by atoms with Crippen LogP contribution in [0.4, 0.5) is 13.2 Å². The van der Waals surface area contributed by atoms with E-state index in [2.05, 4.69) is 12.2 Å². The number of rotatable bonds is 3. The summed E-state index contributed by atoms with van der Waals surface area (Å²) in [6, 6.07) is 4.62. The lowest BCUT2D eigenvalue weighted by Crippen LogP contribution is -2.29. The molecule has 0 saturated heterocycles. The molecular weight excluding hydrogens is 251 g/mol. The monoisotopic (exact) mass is 271 g/mol. The lowest BCUT2D eigenvalue weighted by Gasteiger charge is -2.15. The Morgan fingerprint density at radius 1 is 1.16 bits per heavy atom. The van der Waals surface area contributed by atoms with Crippen molar-refractivity contribution in [1.29, 1.82) is 0 Å². The van der Waals surface area contributed by atoms with Gasteiger partial charge in [-0.05, 0) is 61.9 Å². The molecule has 0 heterocycles. The fraction of sp³-hybridized carbons (Fsp3) is 0.600. The maximum absolute atomic E-state index is 12.7. The first-order valence-corrected chi connectivity index (χ1v) is 6.93. The molecule has 0 spiro atoms. The van der Waals surface area contributed by atoms with Crippen molar-refractivity contribution in [3.8, 4) is 0 Å². The van der Waals surface area contributed by atoms with E-state index < -0.39 is 11.7 Å². The average molecular weight is 271 g/mol. The second-order valence-electron chi connectivity index (χ2n) is 5.21. The molecule has 1 atom stereocenters. The van der Waals surface area contributed by atoms with Gasteiger partial charge in [0.2, 0.25) is 0 Å². The van der Waals surface area contributed by atoms with Gasteiger partial charge in [0.25, 0.3) is 0 Å². The minimum Gasteiger partial charge on any atom is -0.314 e. The largest absolute Gasteiger partial charge is 0.416 e. The smallest absolute Gasteiger partial charge is 0.314 e. The zero-order valence-electron chi connectivity index (χ0n) is 11.2. The van der Waals surface area contributed by atoms with Crippen LogP contribution < -0.4 is 5.32 Å². The minimum atomic E-state index is -4.23. The molecule has 1 aliphatic carbocycles. The number of benzene rings is 1. The van der Waals surface area contributed by atoms with Crippen LogP contribution in [-0.2, 0) is 19.0 Å². The van der Waals surface area contributed by atoms with Crippen molar-refractivity contribution in [3.05, 3.63) is 34.9 Å². The number of nitrogens with one attached hydrogen (secondary N) is 1. The van der Waals surface area contributed by atoms with Gasteiger partial charge in [0.05, 0.1) is 5.56 Å². The van der Waals surface area contributed by atoms with Crippen LogP contribution in [0.3, 0.4) is 0 Å². The third-order valence-corrected chi connectivity index (χ3v) is 3.74.